The van der Waals surface area contributed by atoms with Crippen LogP contribution in [0.3, 0.4) is 0 Å². The van der Waals surface area contributed by atoms with Crippen molar-refractivity contribution < 1.29 is 9.18 Å². The zero-order chi connectivity index (χ0) is 12.1. The highest BCUT2D eigenvalue weighted by atomic mass is 79.9. The molecule has 0 saturated carbocycles. The molecule has 1 N–H and O–H groups in total. The van der Waals surface area contributed by atoms with E-state index in [4.69, 9.17) is 0 Å². The summed E-state index contributed by atoms with van der Waals surface area (Å²) in [6.45, 7) is 3.64. The van der Waals surface area contributed by atoms with Gasteiger partial charge in [-0.3, -0.25) is 4.79 Å². The molecule has 16 heavy (non-hydrogen) atoms. The normalized spacial score (nSPS) is 18.1. The number of hydrogen-bond donors (Lipinski definition) is 1. The van der Waals surface area contributed by atoms with E-state index in [1.54, 1.807) is 6.07 Å². The van der Waals surface area contributed by atoms with Gasteiger partial charge in [0.05, 0.1) is 15.8 Å². The summed E-state index contributed by atoms with van der Waals surface area (Å²) in [5.41, 5.74) is 0.676. The van der Waals surface area contributed by atoms with Gasteiger partial charge in [-0.15, -0.1) is 0 Å². The molecule has 0 aromatic heterocycles. The molecule has 0 spiro atoms. The summed E-state index contributed by atoms with van der Waals surface area (Å²) in [4.78, 5) is 13.6. The van der Waals surface area contributed by atoms with Crippen LogP contribution in [0.4, 0.5) is 15.8 Å². The highest BCUT2D eigenvalue weighted by Gasteiger charge is 2.38. The average Bonchev–Trinajstić information content (AvgIpc) is 2.20. The van der Waals surface area contributed by atoms with Crippen molar-refractivity contribution in [2.24, 2.45) is 0 Å². The van der Waals surface area contributed by atoms with Crippen molar-refractivity contribution in [3.8, 4) is 0 Å². The number of likely N-dealkylation sites (N-methyl/N-ethyl adjacent to an activating group) is 1. The third kappa shape index (κ3) is 1.50. The Morgan fingerprint density at radius 2 is 2.06 bits per heavy atom. The number of nitrogens with one attached hydrogen (secondary N) is 1. The van der Waals surface area contributed by atoms with Crippen LogP contribution in [0.15, 0.2) is 16.6 Å². The number of amides is 1. The Bertz CT molecular complexity index is 473. The molecule has 1 amide bonds. The van der Waals surface area contributed by atoms with Crippen LogP contribution < -0.4 is 10.2 Å². The van der Waals surface area contributed by atoms with Crippen LogP contribution in [0.2, 0.25) is 0 Å². The van der Waals surface area contributed by atoms with E-state index in [0.29, 0.717) is 10.2 Å². The van der Waals surface area contributed by atoms with Gasteiger partial charge in [-0.05, 0) is 35.8 Å². The SMILES string of the molecule is CN1c2cc(Br)c(F)cc2NC(=O)C1(C)C. The lowest BCUT2D eigenvalue weighted by Gasteiger charge is -2.41. The summed E-state index contributed by atoms with van der Waals surface area (Å²) in [6, 6.07) is 2.99. The number of rotatable bonds is 0. The molecule has 0 aliphatic carbocycles. The van der Waals surface area contributed by atoms with Gasteiger partial charge in [-0.25, -0.2) is 4.39 Å². The molecule has 0 saturated heterocycles. The molecule has 1 aliphatic heterocycles. The van der Waals surface area contributed by atoms with Gasteiger partial charge in [-0.1, -0.05) is 0 Å². The first kappa shape index (κ1) is 11.4. The van der Waals surface area contributed by atoms with Gasteiger partial charge in [0.15, 0.2) is 0 Å². The van der Waals surface area contributed by atoms with Crippen molar-refractivity contribution >= 4 is 33.2 Å². The molecular formula is C11H12BrFN2O. The van der Waals surface area contributed by atoms with Crippen molar-refractivity contribution in [3.63, 3.8) is 0 Å². The van der Waals surface area contributed by atoms with E-state index >= 15 is 0 Å². The number of halogens is 2. The van der Waals surface area contributed by atoms with E-state index in [-0.39, 0.29) is 11.7 Å². The molecule has 1 aromatic rings. The quantitative estimate of drug-likeness (QED) is 0.795. The molecule has 5 heteroatoms. The van der Waals surface area contributed by atoms with Gasteiger partial charge in [0.2, 0.25) is 5.91 Å². The van der Waals surface area contributed by atoms with Gasteiger partial charge in [0.1, 0.15) is 11.4 Å². The van der Waals surface area contributed by atoms with Gasteiger partial charge >= 0.3 is 0 Å². The van der Waals surface area contributed by atoms with Gasteiger partial charge < -0.3 is 10.2 Å². The van der Waals surface area contributed by atoms with E-state index in [2.05, 4.69) is 21.2 Å². The zero-order valence-corrected chi connectivity index (χ0v) is 10.9. The Labute approximate surface area is 102 Å². The number of hydrogen-bond acceptors (Lipinski definition) is 2. The topological polar surface area (TPSA) is 32.3 Å². The third-order valence-electron chi connectivity index (χ3n) is 3.04. The third-order valence-corrected chi connectivity index (χ3v) is 3.65. The smallest absolute Gasteiger partial charge is 0.249 e. The predicted molar refractivity (Wildman–Crippen MR) is 65.2 cm³/mol. The van der Waals surface area contributed by atoms with E-state index < -0.39 is 5.54 Å². The zero-order valence-electron chi connectivity index (χ0n) is 9.27. The molecule has 1 aliphatic rings. The molecule has 2 rings (SSSR count). The summed E-state index contributed by atoms with van der Waals surface area (Å²) < 4.78 is 13.7. The molecule has 0 unspecified atom stereocenters. The summed E-state index contributed by atoms with van der Waals surface area (Å²) in [7, 11) is 1.82. The van der Waals surface area contributed by atoms with Crippen molar-refractivity contribution in [2.45, 2.75) is 19.4 Å². The molecule has 3 nitrogen and oxygen atoms in total. The Morgan fingerprint density at radius 1 is 1.44 bits per heavy atom. The minimum atomic E-state index is -0.635. The maximum absolute atomic E-state index is 13.3. The van der Waals surface area contributed by atoms with Crippen molar-refractivity contribution in [2.75, 3.05) is 17.3 Å². The summed E-state index contributed by atoms with van der Waals surface area (Å²) in [5, 5.41) is 2.71. The number of anilines is 2. The van der Waals surface area contributed by atoms with Crippen LogP contribution in [0.25, 0.3) is 0 Å². The molecule has 0 fully saturated rings. The van der Waals surface area contributed by atoms with Gasteiger partial charge in [0, 0.05) is 13.1 Å². The van der Waals surface area contributed by atoms with Crippen LogP contribution >= 0.6 is 15.9 Å². The second kappa shape index (κ2) is 3.45. The summed E-state index contributed by atoms with van der Waals surface area (Å²) >= 11 is 3.14. The Morgan fingerprint density at radius 3 is 2.69 bits per heavy atom. The lowest BCUT2D eigenvalue weighted by molar-refractivity contribution is -0.120. The van der Waals surface area contributed by atoms with Crippen LogP contribution in [0, 0.1) is 5.82 Å². The lowest BCUT2D eigenvalue weighted by Crippen LogP contribution is -2.54. The fourth-order valence-corrected chi connectivity index (χ4v) is 1.97. The lowest BCUT2D eigenvalue weighted by atomic mass is 9.97. The summed E-state index contributed by atoms with van der Waals surface area (Å²) in [5.74, 6) is -0.517. The molecule has 1 aromatic carbocycles. The van der Waals surface area contributed by atoms with Crippen molar-refractivity contribution in [1.82, 2.24) is 0 Å². The van der Waals surface area contributed by atoms with E-state index in [1.807, 2.05) is 25.8 Å². The number of benzene rings is 1. The Balaban J connectivity index is 2.60. The number of carbonyl (C=O) groups excluding carboxylic acids is 1. The first-order valence-electron chi connectivity index (χ1n) is 4.88. The monoisotopic (exact) mass is 286 g/mol. The highest BCUT2D eigenvalue weighted by molar-refractivity contribution is 9.10. The molecule has 1 heterocycles. The Hall–Kier alpha value is -1.10. The Kier molecular flexibility index (Phi) is 2.45. The minimum Gasteiger partial charge on any atom is -0.359 e. The minimum absolute atomic E-state index is 0.135. The molecule has 0 radical (unpaired) electrons. The van der Waals surface area contributed by atoms with E-state index in [9.17, 15) is 9.18 Å². The fraction of sp³-hybridized carbons (Fsp3) is 0.364. The number of nitrogens with zero attached hydrogens (tertiary/aromatic N) is 1. The predicted octanol–water partition coefficient (Wildman–Crippen LogP) is 2.76. The van der Waals surface area contributed by atoms with Crippen molar-refractivity contribution in [1.29, 1.82) is 0 Å². The maximum Gasteiger partial charge on any atom is 0.249 e. The number of fused-ring (bicyclic) bond motifs is 1. The highest BCUT2D eigenvalue weighted by Crippen LogP contribution is 2.38. The second-order valence-electron chi connectivity index (χ2n) is 4.36. The van der Waals surface area contributed by atoms with Crippen molar-refractivity contribution in [3.05, 3.63) is 22.4 Å². The first-order chi connectivity index (χ1) is 7.34. The standard InChI is InChI=1S/C11H12BrFN2O/c1-11(2)10(16)14-8-5-7(13)6(12)4-9(8)15(11)3/h4-5H,1-3H3,(H,14,16). The first-order valence-corrected chi connectivity index (χ1v) is 5.67. The van der Waals surface area contributed by atoms with E-state index in [0.717, 1.165) is 5.69 Å². The molecule has 0 bridgehead atoms. The van der Waals surface area contributed by atoms with Gasteiger partial charge in [-0.2, -0.15) is 0 Å². The average molecular weight is 287 g/mol. The van der Waals surface area contributed by atoms with Crippen LogP contribution in [-0.2, 0) is 4.79 Å². The van der Waals surface area contributed by atoms with E-state index in [1.165, 1.54) is 6.07 Å². The summed E-state index contributed by atoms with van der Waals surface area (Å²) in [6.07, 6.45) is 0. The maximum atomic E-state index is 13.3. The van der Waals surface area contributed by atoms with Gasteiger partial charge in [0.25, 0.3) is 0 Å². The molecular weight excluding hydrogens is 275 g/mol. The molecule has 0 atom stereocenters. The van der Waals surface area contributed by atoms with Crippen LogP contribution in [-0.4, -0.2) is 18.5 Å². The largest absolute Gasteiger partial charge is 0.359 e. The van der Waals surface area contributed by atoms with Crippen LogP contribution in [0.5, 0.6) is 0 Å². The molecule has 86 valence electrons. The fourth-order valence-electron chi connectivity index (χ4n) is 1.64. The second-order valence-corrected chi connectivity index (χ2v) is 5.21. The van der Waals surface area contributed by atoms with Crippen LogP contribution in [0.1, 0.15) is 13.8 Å². The number of carbonyl (C=O) groups is 1.